The predicted octanol–water partition coefficient (Wildman–Crippen LogP) is 15.6. The number of nitro groups is 7. The van der Waals surface area contributed by atoms with Crippen LogP contribution in [0.2, 0.25) is 0 Å². The molecule has 4 N–H and O–H groups in total. The van der Waals surface area contributed by atoms with Gasteiger partial charge in [0.1, 0.15) is 23.0 Å². The van der Waals surface area contributed by atoms with E-state index in [9.17, 15) is 91.2 Å². The third-order valence-electron chi connectivity index (χ3n) is 13.6. The fraction of sp³-hybridized carbons (Fsp3) is 0.143. The molecular formula is C56H41N15O18. The normalized spacial score (nSPS) is 12.8. The number of hydrogen-bond donors (Lipinski definition) is 4. The van der Waals surface area contributed by atoms with Gasteiger partial charge in [-0.1, -0.05) is 12.5 Å². The lowest BCUT2D eigenvalue weighted by Gasteiger charge is -2.17. The minimum atomic E-state index is -0.885. The van der Waals surface area contributed by atoms with Crippen molar-refractivity contribution in [2.24, 2.45) is 40.9 Å². The summed E-state index contributed by atoms with van der Waals surface area (Å²) in [4.78, 5) is 76.3. The number of nitro benzene ring substituents is 7. The Kier molecular flexibility index (Phi) is 17.7. The monoisotopic (exact) mass is 1210 g/mol. The zero-order valence-electron chi connectivity index (χ0n) is 45.5. The lowest BCUT2D eigenvalue weighted by Crippen LogP contribution is -2.00. The Morgan fingerprint density at radius 1 is 0.258 bits per heavy atom. The van der Waals surface area contributed by atoms with Crippen LogP contribution in [0.5, 0.6) is 23.0 Å². The summed E-state index contributed by atoms with van der Waals surface area (Å²) in [6.45, 7) is 0. The van der Waals surface area contributed by atoms with Crippen molar-refractivity contribution >= 4 is 85.3 Å². The number of nitrogens with zero attached hydrogens (tertiary/aromatic N) is 15. The van der Waals surface area contributed by atoms with Crippen LogP contribution < -0.4 is 0 Å². The molecule has 0 amide bonds. The number of aryl methyl sites for hydroxylation is 2. The van der Waals surface area contributed by atoms with Crippen LogP contribution in [0.4, 0.5) is 85.3 Å². The summed E-state index contributed by atoms with van der Waals surface area (Å²) in [5, 5.41) is 164. The highest BCUT2D eigenvalue weighted by molar-refractivity contribution is 5.64. The Balaban J connectivity index is 1.24. The Hall–Kier alpha value is -12.8. The standard InChI is InChI=1S/C56H41N15O18/c72-53-30-5-2-1-3-6-31-13-40(59-62-43-21-47(66(78)79)27-48(22-43)67(80)81)15-33(54(31)73)10-35-17-42(61-64-45-25-51(70(86)87)29-52(26-45)71(88)89)19-37(56(35)75)11-36-18-41(60-63-44-23-49(68(82)83)28-50(24-44)69(84)85)16-34(55(36)74)9-32(53)14-39(12-30)58-57-38-7-4-8-46(20-38)65(76)77/h4,7-8,12-29,72-75H,1-3,5-6,9-11H2. The van der Waals surface area contributed by atoms with Gasteiger partial charge in [-0.2, -0.15) is 40.9 Å². The Labute approximate surface area is 496 Å². The summed E-state index contributed by atoms with van der Waals surface area (Å²) < 4.78 is 0. The maximum atomic E-state index is 12.3. The summed E-state index contributed by atoms with van der Waals surface area (Å²) in [5.41, 5.74) is -4.56. The van der Waals surface area contributed by atoms with Gasteiger partial charge >= 0.3 is 0 Å². The van der Waals surface area contributed by atoms with E-state index < -0.39 is 86.5 Å². The SMILES string of the molecule is O=[N+]([O-])c1cccc(N=Nc2cc3c(O)c(c2)Cc2cc(N=Nc4cc([N+](=O)[O-])cc([N+](=O)[O-])c4)cc(c2O)Cc2cc(N=Nc4cc([N+](=O)[O-])cc([N+](=O)[O-])c4)cc(c2O)Cc2cc(N=Nc4cc([N+](=O)[O-])cc([N+](=O)[O-])c4)cc(c2O)CCCCC3)c1. The van der Waals surface area contributed by atoms with Gasteiger partial charge in [-0.25, -0.2) is 0 Å². The van der Waals surface area contributed by atoms with Crippen LogP contribution in [0.3, 0.4) is 0 Å². The van der Waals surface area contributed by atoms with Crippen LogP contribution in [0.15, 0.2) is 168 Å². The van der Waals surface area contributed by atoms with E-state index in [1.54, 1.807) is 0 Å². The lowest BCUT2D eigenvalue weighted by atomic mass is 9.91. The molecule has 1 aliphatic carbocycles. The van der Waals surface area contributed by atoms with E-state index in [-0.39, 0.29) is 127 Å². The van der Waals surface area contributed by atoms with Crippen molar-refractivity contribution in [1.82, 2.24) is 0 Å². The highest BCUT2D eigenvalue weighted by Gasteiger charge is 2.24. The molecule has 9 rings (SSSR count). The molecule has 0 unspecified atom stereocenters. The number of phenolic OH excluding ortho intramolecular Hbond substituents is 4. The van der Waals surface area contributed by atoms with E-state index >= 15 is 0 Å². The molecule has 33 nitrogen and oxygen atoms in total. The van der Waals surface area contributed by atoms with E-state index in [0.717, 1.165) is 42.5 Å². The molecule has 0 fully saturated rings. The molecular weight excluding hydrogens is 1170 g/mol. The molecule has 0 heterocycles. The van der Waals surface area contributed by atoms with Crippen LogP contribution in [-0.2, 0) is 32.1 Å². The van der Waals surface area contributed by atoms with Gasteiger partial charge in [0.2, 0.25) is 0 Å². The van der Waals surface area contributed by atoms with Gasteiger partial charge in [0.25, 0.3) is 39.8 Å². The molecule has 448 valence electrons. The molecule has 0 spiro atoms. The summed E-state index contributed by atoms with van der Waals surface area (Å²) in [5.74, 6) is -1.53. The minimum Gasteiger partial charge on any atom is -0.507 e. The van der Waals surface area contributed by atoms with Crippen LogP contribution in [0.1, 0.15) is 63.8 Å². The molecule has 33 heteroatoms. The maximum Gasteiger partial charge on any atom is 0.278 e. The zero-order chi connectivity index (χ0) is 63.8. The van der Waals surface area contributed by atoms with E-state index in [1.807, 2.05) is 0 Å². The van der Waals surface area contributed by atoms with Crippen molar-refractivity contribution < 1.29 is 54.9 Å². The number of hydrogen-bond acceptors (Lipinski definition) is 26. The molecule has 0 aliphatic heterocycles. The van der Waals surface area contributed by atoms with Crippen molar-refractivity contribution in [3.05, 3.63) is 243 Å². The van der Waals surface area contributed by atoms with Gasteiger partial charge in [-0.15, -0.1) is 0 Å². The summed E-state index contributed by atoms with van der Waals surface area (Å²) in [6, 6.07) is 24.0. The van der Waals surface area contributed by atoms with Crippen molar-refractivity contribution in [2.75, 3.05) is 0 Å². The van der Waals surface area contributed by atoms with Gasteiger partial charge in [-0.3, -0.25) is 70.8 Å². The van der Waals surface area contributed by atoms with E-state index in [0.29, 0.717) is 37.0 Å². The van der Waals surface area contributed by atoms with Crippen LogP contribution in [0.25, 0.3) is 0 Å². The number of benzene rings is 8. The van der Waals surface area contributed by atoms with Gasteiger partial charge < -0.3 is 20.4 Å². The van der Waals surface area contributed by atoms with Crippen LogP contribution in [-0.4, -0.2) is 54.9 Å². The number of rotatable bonds is 15. The predicted molar refractivity (Wildman–Crippen MR) is 311 cm³/mol. The molecule has 8 aromatic rings. The number of phenols is 4. The van der Waals surface area contributed by atoms with E-state index in [4.69, 9.17) is 0 Å². The van der Waals surface area contributed by atoms with E-state index in [2.05, 4.69) is 40.9 Å². The minimum absolute atomic E-state index is 0.0168. The van der Waals surface area contributed by atoms with Crippen molar-refractivity contribution in [2.45, 2.75) is 51.4 Å². The molecule has 1 aliphatic rings. The number of azo groups is 4. The molecule has 0 atom stereocenters. The smallest absolute Gasteiger partial charge is 0.278 e. The molecule has 0 saturated carbocycles. The molecule has 89 heavy (non-hydrogen) atoms. The summed E-state index contributed by atoms with van der Waals surface area (Å²) >= 11 is 0. The average molecular weight is 1210 g/mol. The number of aromatic hydroxyl groups is 4. The number of non-ortho nitro benzene ring substituents is 7. The molecule has 0 aromatic heterocycles. The van der Waals surface area contributed by atoms with Gasteiger partial charge in [0.15, 0.2) is 0 Å². The Bertz CT molecular complexity index is 4320. The zero-order valence-corrected chi connectivity index (χ0v) is 45.5. The third kappa shape index (κ3) is 14.7. The molecule has 0 radical (unpaired) electrons. The first-order valence-corrected chi connectivity index (χ1v) is 26.1. The highest BCUT2D eigenvalue weighted by atomic mass is 16.7. The maximum absolute atomic E-state index is 12.3. The largest absolute Gasteiger partial charge is 0.507 e. The first-order chi connectivity index (χ1) is 42.4. The topological polar surface area (TPSA) is 482 Å². The van der Waals surface area contributed by atoms with Gasteiger partial charge in [0.05, 0.1) is 98.2 Å². The molecule has 8 aromatic carbocycles. The van der Waals surface area contributed by atoms with Crippen molar-refractivity contribution in [3.8, 4) is 23.0 Å². The summed E-state index contributed by atoms with van der Waals surface area (Å²) in [7, 11) is 0. The lowest BCUT2D eigenvalue weighted by molar-refractivity contribution is -0.394. The fourth-order valence-electron chi connectivity index (χ4n) is 9.49. The van der Waals surface area contributed by atoms with E-state index in [1.165, 1.54) is 72.8 Å². The first-order valence-electron chi connectivity index (χ1n) is 26.1. The van der Waals surface area contributed by atoms with Gasteiger partial charge in [-0.05, 0) is 91.4 Å². The third-order valence-corrected chi connectivity index (χ3v) is 13.6. The fourth-order valence-corrected chi connectivity index (χ4v) is 9.49. The second-order valence-electron chi connectivity index (χ2n) is 19.8. The van der Waals surface area contributed by atoms with Crippen LogP contribution in [0, 0.1) is 70.8 Å². The molecule has 0 saturated heterocycles. The Morgan fingerprint density at radius 3 is 0.730 bits per heavy atom. The second-order valence-corrected chi connectivity index (χ2v) is 19.8. The van der Waals surface area contributed by atoms with Gasteiger partial charge in [0, 0.05) is 101 Å². The Morgan fingerprint density at radius 2 is 0.472 bits per heavy atom. The van der Waals surface area contributed by atoms with Crippen LogP contribution >= 0.6 is 0 Å². The quantitative estimate of drug-likeness (QED) is 0.0421. The molecule has 8 bridgehead atoms. The van der Waals surface area contributed by atoms with Crippen molar-refractivity contribution in [3.63, 3.8) is 0 Å². The second kappa shape index (κ2) is 26.0. The average Bonchev–Trinajstić information content (AvgIpc) is 3.66. The highest BCUT2D eigenvalue weighted by Crippen LogP contribution is 2.43. The summed E-state index contributed by atoms with van der Waals surface area (Å²) in [6.07, 6.45) is 0.401. The van der Waals surface area contributed by atoms with Crippen molar-refractivity contribution in [1.29, 1.82) is 0 Å². The number of fused-ring (bicyclic) bond motifs is 8. The first kappa shape index (κ1) is 60.7.